The van der Waals surface area contributed by atoms with Gasteiger partial charge in [0.15, 0.2) is 5.54 Å². The standard InChI is InChI=1S/C33H30BrClN4O7/c1-19-23(7-3-8-24(19)31-39-38-28(15-40)46-31)25-9-2-6-22(29(25)34)17-44-27-11-10-21(13-26(27)35)30(33(36,18-41)32(42)43)45-16-20-5-4-12-37-14-20/h2-14,30,40-41H,15-18,36H2,1H3,(H,42,43)/t30?,33-/m1/s1. The van der Waals surface area contributed by atoms with Gasteiger partial charge in [-0.1, -0.05) is 54.1 Å². The average Bonchev–Trinajstić information content (AvgIpc) is 3.55. The summed E-state index contributed by atoms with van der Waals surface area (Å²) in [4.78, 5) is 16.2. The molecule has 5 aromatic rings. The summed E-state index contributed by atoms with van der Waals surface area (Å²) < 4.78 is 18.4. The molecule has 0 radical (unpaired) electrons. The first-order chi connectivity index (χ1) is 22.2. The monoisotopic (exact) mass is 708 g/mol. The van der Waals surface area contributed by atoms with Crippen LogP contribution in [0.15, 0.2) is 88.0 Å². The molecule has 13 heteroatoms. The van der Waals surface area contributed by atoms with Crippen LogP contribution in [0, 0.1) is 6.92 Å². The molecule has 11 nitrogen and oxygen atoms in total. The van der Waals surface area contributed by atoms with Crippen LogP contribution in [0.25, 0.3) is 22.6 Å². The van der Waals surface area contributed by atoms with E-state index in [0.717, 1.165) is 32.3 Å². The van der Waals surface area contributed by atoms with E-state index < -0.39 is 24.2 Å². The Morgan fingerprint density at radius 2 is 1.80 bits per heavy atom. The molecule has 0 aliphatic heterocycles. The van der Waals surface area contributed by atoms with Crippen LogP contribution in [0.1, 0.15) is 34.2 Å². The van der Waals surface area contributed by atoms with Crippen molar-refractivity contribution in [3.05, 3.63) is 117 Å². The minimum Gasteiger partial charge on any atom is -0.487 e. The highest BCUT2D eigenvalue weighted by molar-refractivity contribution is 9.10. The fourth-order valence-corrected chi connectivity index (χ4v) is 5.74. The van der Waals surface area contributed by atoms with Crippen LogP contribution in [0.3, 0.4) is 0 Å². The number of nitrogens with zero attached hydrogens (tertiary/aromatic N) is 3. The first kappa shape index (κ1) is 33.2. The largest absolute Gasteiger partial charge is 0.487 e. The summed E-state index contributed by atoms with van der Waals surface area (Å²) >= 11 is 10.4. The molecular weight excluding hydrogens is 680 g/mol. The van der Waals surface area contributed by atoms with E-state index in [9.17, 15) is 20.1 Å². The summed E-state index contributed by atoms with van der Waals surface area (Å²) in [5.74, 6) is -0.627. The summed E-state index contributed by atoms with van der Waals surface area (Å²) in [6.45, 7) is 0.900. The van der Waals surface area contributed by atoms with E-state index in [4.69, 9.17) is 31.2 Å². The smallest absolute Gasteiger partial charge is 0.329 e. The molecule has 2 aromatic heterocycles. The van der Waals surface area contributed by atoms with Gasteiger partial charge in [-0.15, -0.1) is 10.2 Å². The second kappa shape index (κ2) is 14.5. The summed E-state index contributed by atoms with van der Waals surface area (Å²) in [6, 6.07) is 19.8. The molecule has 0 saturated heterocycles. The molecule has 0 bridgehead atoms. The molecule has 1 unspecified atom stereocenters. The number of halogens is 2. The Kier molecular flexibility index (Phi) is 10.5. The van der Waals surface area contributed by atoms with Crippen LogP contribution >= 0.6 is 27.5 Å². The number of aliphatic carboxylic acids is 1. The lowest BCUT2D eigenvalue weighted by molar-refractivity contribution is -0.154. The van der Waals surface area contributed by atoms with Crippen molar-refractivity contribution in [2.75, 3.05) is 6.61 Å². The van der Waals surface area contributed by atoms with Crippen molar-refractivity contribution in [3.8, 4) is 28.3 Å². The van der Waals surface area contributed by atoms with Gasteiger partial charge in [0.25, 0.3) is 0 Å². The molecule has 238 valence electrons. The maximum absolute atomic E-state index is 12.1. The van der Waals surface area contributed by atoms with Crippen LogP contribution < -0.4 is 10.5 Å². The second-order valence-electron chi connectivity index (χ2n) is 10.5. The Morgan fingerprint density at radius 3 is 2.48 bits per heavy atom. The van der Waals surface area contributed by atoms with E-state index in [0.29, 0.717) is 22.8 Å². The minimum atomic E-state index is -2.14. The summed E-state index contributed by atoms with van der Waals surface area (Å²) in [5, 5.41) is 37.3. The van der Waals surface area contributed by atoms with Crippen LogP contribution in [0.2, 0.25) is 5.02 Å². The van der Waals surface area contributed by atoms with Gasteiger partial charge in [-0.25, -0.2) is 0 Å². The molecule has 2 atom stereocenters. The number of aliphatic hydroxyl groups is 2. The van der Waals surface area contributed by atoms with Crippen LogP contribution in [-0.2, 0) is 29.4 Å². The van der Waals surface area contributed by atoms with E-state index in [-0.39, 0.29) is 30.7 Å². The predicted octanol–water partition coefficient (Wildman–Crippen LogP) is 5.63. The van der Waals surface area contributed by atoms with Crippen molar-refractivity contribution in [2.45, 2.75) is 38.4 Å². The molecule has 46 heavy (non-hydrogen) atoms. The number of hydrogen-bond donors (Lipinski definition) is 4. The Hall–Kier alpha value is -4.17. The topological polar surface area (TPSA) is 174 Å². The van der Waals surface area contributed by atoms with Gasteiger partial charge in [0, 0.05) is 28.0 Å². The van der Waals surface area contributed by atoms with E-state index in [1.807, 2.05) is 43.3 Å². The van der Waals surface area contributed by atoms with Crippen molar-refractivity contribution in [1.29, 1.82) is 0 Å². The summed E-state index contributed by atoms with van der Waals surface area (Å²) in [6.07, 6.45) is 1.96. The van der Waals surface area contributed by atoms with Crippen LogP contribution in [0.4, 0.5) is 0 Å². The lowest BCUT2D eigenvalue weighted by Gasteiger charge is -2.32. The number of benzene rings is 3. The zero-order chi connectivity index (χ0) is 32.8. The molecule has 0 fully saturated rings. The number of carboxylic acid groups (broad SMARTS) is 1. The van der Waals surface area contributed by atoms with E-state index in [2.05, 4.69) is 31.1 Å². The fraction of sp³-hybridized carbons (Fsp3) is 0.212. The van der Waals surface area contributed by atoms with Crippen molar-refractivity contribution >= 4 is 33.5 Å². The lowest BCUT2D eigenvalue weighted by atomic mass is 9.89. The molecule has 0 saturated carbocycles. The summed E-state index contributed by atoms with van der Waals surface area (Å²) in [5.41, 5.74) is 9.41. The zero-order valence-corrected chi connectivity index (χ0v) is 26.9. The number of aromatic nitrogens is 3. The number of carboxylic acids is 1. The Labute approximate surface area is 277 Å². The zero-order valence-electron chi connectivity index (χ0n) is 24.6. The molecule has 2 heterocycles. The average molecular weight is 710 g/mol. The highest BCUT2D eigenvalue weighted by atomic mass is 79.9. The Morgan fingerprint density at radius 1 is 1.04 bits per heavy atom. The molecule has 0 aliphatic carbocycles. The van der Waals surface area contributed by atoms with Crippen molar-refractivity contribution < 1.29 is 34.0 Å². The number of aliphatic hydroxyl groups excluding tert-OH is 2. The normalized spacial score (nSPS) is 13.3. The Balaban J connectivity index is 1.37. The molecule has 3 aromatic carbocycles. The van der Waals surface area contributed by atoms with Crippen molar-refractivity contribution in [1.82, 2.24) is 15.2 Å². The maximum atomic E-state index is 12.1. The third-order valence-electron chi connectivity index (χ3n) is 7.44. The van der Waals surface area contributed by atoms with Gasteiger partial charge in [0.1, 0.15) is 25.1 Å². The summed E-state index contributed by atoms with van der Waals surface area (Å²) in [7, 11) is 0. The number of ether oxygens (including phenoxy) is 2. The number of rotatable bonds is 13. The number of hydrogen-bond acceptors (Lipinski definition) is 10. The molecule has 0 amide bonds. The number of nitrogens with two attached hydrogens (primary N) is 1. The SMILES string of the molecule is Cc1c(-c2nnc(CO)o2)cccc1-c1cccc(COc2ccc(C(OCc3cccnc3)[C@](N)(CO)C(=O)O)cc2Cl)c1Br. The predicted molar refractivity (Wildman–Crippen MR) is 173 cm³/mol. The molecule has 5 rings (SSSR count). The van der Waals surface area contributed by atoms with E-state index >= 15 is 0 Å². The van der Waals surface area contributed by atoms with Gasteiger partial charge >= 0.3 is 5.97 Å². The lowest BCUT2D eigenvalue weighted by Crippen LogP contribution is -2.56. The maximum Gasteiger partial charge on any atom is 0.329 e. The minimum absolute atomic E-state index is 0.00592. The highest BCUT2D eigenvalue weighted by Gasteiger charge is 2.44. The van der Waals surface area contributed by atoms with Crippen LogP contribution in [0.5, 0.6) is 5.75 Å². The van der Waals surface area contributed by atoms with Gasteiger partial charge in [-0.2, -0.15) is 0 Å². The third-order valence-corrected chi connectivity index (χ3v) is 8.68. The Bertz CT molecular complexity index is 1840. The van der Waals surface area contributed by atoms with Gasteiger partial charge in [0.05, 0.1) is 18.2 Å². The van der Waals surface area contributed by atoms with E-state index in [1.165, 1.54) is 6.07 Å². The van der Waals surface area contributed by atoms with Gasteiger partial charge in [-0.3, -0.25) is 9.78 Å². The molecule has 0 spiro atoms. The fourth-order valence-electron chi connectivity index (χ4n) is 4.91. The quantitative estimate of drug-likeness (QED) is 0.119. The van der Waals surface area contributed by atoms with Crippen LogP contribution in [-0.4, -0.2) is 48.6 Å². The van der Waals surface area contributed by atoms with E-state index in [1.54, 1.807) is 36.7 Å². The third kappa shape index (κ3) is 6.97. The van der Waals surface area contributed by atoms with Gasteiger partial charge in [0.2, 0.25) is 11.8 Å². The first-order valence-corrected chi connectivity index (χ1v) is 15.2. The second-order valence-corrected chi connectivity index (χ2v) is 11.7. The number of pyridine rings is 1. The first-order valence-electron chi connectivity index (χ1n) is 14.0. The highest BCUT2D eigenvalue weighted by Crippen LogP contribution is 2.38. The number of carbonyl (C=O) groups is 1. The van der Waals surface area contributed by atoms with Crippen molar-refractivity contribution in [3.63, 3.8) is 0 Å². The van der Waals surface area contributed by atoms with Gasteiger partial charge < -0.3 is 34.9 Å². The van der Waals surface area contributed by atoms with Gasteiger partial charge in [-0.05, 0) is 74.9 Å². The van der Waals surface area contributed by atoms with Crippen molar-refractivity contribution in [2.24, 2.45) is 5.73 Å². The molecule has 0 aliphatic rings. The molecular formula is C33H30BrClN4O7. The molecule has 5 N–H and O–H groups in total.